The van der Waals surface area contributed by atoms with Gasteiger partial charge in [0.25, 0.3) is 0 Å². The quantitative estimate of drug-likeness (QED) is 0.705. The summed E-state index contributed by atoms with van der Waals surface area (Å²) in [6, 6.07) is 0.0394. The second-order valence-corrected chi connectivity index (χ2v) is 5.71. The van der Waals surface area contributed by atoms with Crippen molar-refractivity contribution in [1.29, 1.82) is 0 Å². The number of hydrogen-bond donors (Lipinski definition) is 2. The molecule has 94 valence electrons. The number of hydrogen-bond acceptors (Lipinski definition) is 2. The summed E-state index contributed by atoms with van der Waals surface area (Å²) < 4.78 is 0. The first-order valence-electron chi connectivity index (χ1n) is 6.50. The third-order valence-electron chi connectivity index (χ3n) is 3.79. The maximum absolute atomic E-state index is 12.0. The molecule has 0 spiro atoms. The summed E-state index contributed by atoms with van der Waals surface area (Å²) in [4.78, 5) is 12.0. The van der Waals surface area contributed by atoms with Gasteiger partial charge in [0.2, 0.25) is 5.91 Å². The van der Waals surface area contributed by atoms with Crippen LogP contribution in [0.4, 0.5) is 0 Å². The Kier molecular flexibility index (Phi) is 4.78. The number of carbonyl (C=O) groups is 1. The summed E-state index contributed by atoms with van der Waals surface area (Å²) in [5.74, 6) is 0.863. The molecule has 3 nitrogen and oxygen atoms in total. The zero-order valence-corrected chi connectivity index (χ0v) is 10.9. The van der Waals surface area contributed by atoms with Crippen LogP contribution < -0.4 is 11.1 Å². The minimum absolute atomic E-state index is 0.0394. The van der Waals surface area contributed by atoms with Gasteiger partial charge in [-0.3, -0.25) is 4.79 Å². The third kappa shape index (κ3) is 3.21. The van der Waals surface area contributed by atoms with Crippen LogP contribution in [0.5, 0.6) is 0 Å². The zero-order valence-electron chi connectivity index (χ0n) is 10.9. The van der Waals surface area contributed by atoms with Gasteiger partial charge >= 0.3 is 0 Å². The van der Waals surface area contributed by atoms with E-state index in [1.54, 1.807) is 0 Å². The summed E-state index contributed by atoms with van der Waals surface area (Å²) in [6.07, 6.45) is 5.23. The standard InChI is InChI=1S/C13H26N2O/c1-10(2)6-5-9-15-12(16)13(3)8-4-7-11(13)14/h10-11H,4-9,14H2,1-3H3,(H,15,16). The predicted octanol–water partition coefficient (Wildman–Crippen LogP) is 2.06. The molecule has 3 N–H and O–H groups in total. The van der Waals surface area contributed by atoms with Crippen LogP contribution in [0.3, 0.4) is 0 Å². The largest absolute Gasteiger partial charge is 0.356 e. The van der Waals surface area contributed by atoms with E-state index in [0.717, 1.165) is 32.2 Å². The Balaban J connectivity index is 2.29. The van der Waals surface area contributed by atoms with E-state index in [1.807, 2.05) is 6.92 Å². The molecule has 0 aromatic heterocycles. The maximum Gasteiger partial charge on any atom is 0.227 e. The number of amides is 1. The molecule has 1 rings (SSSR count). The molecule has 0 bridgehead atoms. The number of carbonyl (C=O) groups excluding carboxylic acids is 1. The molecule has 2 atom stereocenters. The van der Waals surface area contributed by atoms with Gasteiger partial charge in [-0.25, -0.2) is 0 Å². The van der Waals surface area contributed by atoms with Crippen LogP contribution in [0.1, 0.15) is 52.9 Å². The molecule has 0 saturated heterocycles. The van der Waals surface area contributed by atoms with Gasteiger partial charge in [0.15, 0.2) is 0 Å². The lowest BCUT2D eigenvalue weighted by molar-refractivity contribution is -0.130. The molecular weight excluding hydrogens is 200 g/mol. The van der Waals surface area contributed by atoms with Gasteiger partial charge in [-0.1, -0.05) is 20.3 Å². The van der Waals surface area contributed by atoms with E-state index >= 15 is 0 Å². The lowest BCUT2D eigenvalue weighted by Gasteiger charge is -2.27. The van der Waals surface area contributed by atoms with Gasteiger partial charge < -0.3 is 11.1 Å². The molecule has 0 aromatic carbocycles. The highest BCUT2D eigenvalue weighted by Gasteiger charge is 2.42. The van der Waals surface area contributed by atoms with E-state index in [4.69, 9.17) is 5.73 Å². The highest BCUT2D eigenvalue weighted by atomic mass is 16.2. The minimum Gasteiger partial charge on any atom is -0.356 e. The number of nitrogens with two attached hydrogens (primary N) is 1. The van der Waals surface area contributed by atoms with Crippen molar-refractivity contribution in [2.75, 3.05) is 6.54 Å². The highest BCUT2D eigenvalue weighted by Crippen LogP contribution is 2.36. The summed E-state index contributed by atoms with van der Waals surface area (Å²) in [7, 11) is 0. The summed E-state index contributed by atoms with van der Waals surface area (Å²) in [5, 5.41) is 3.03. The Morgan fingerprint density at radius 1 is 1.56 bits per heavy atom. The Morgan fingerprint density at radius 2 is 2.25 bits per heavy atom. The molecule has 3 heteroatoms. The van der Waals surface area contributed by atoms with E-state index < -0.39 is 0 Å². The Bertz CT molecular complexity index is 240. The third-order valence-corrected chi connectivity index (χ3v) is 3.79. The van der Waals surface area contributed by atoms with Crippen molar-refractivity contribution >= 4 is 5.91 Å². The molecule has 0 aliphatic heterocycles. The first kappa shape index (κ1) is 13.5. The van der Waals surface area contributed by atoms with E-state index in [0.29, 0.717) is 5.92 Å². The average Bonchev–Trinajstić information content (AvgIpc) is 2.55. The lowest BCUT2D eigenvalue weighted by atomic mass is 9.84. The van der Waals surface area contributed by atoms with Crippen molar-refractivity contribution in [3.05, 3.63) is 0 Å². The second-order valence-electron chi connectivity index (χ2n) is 5.71. The summed E-state index contributed by atoms with van der Waals surface area (Å²) in [5.41, 5.74) is 5.68. The van der Waals surface area contributed by atoms with E-state index in [9.17, 15) is 4.79 Å². The van der Waals surface area contributed by atoms with Gasteiger partial charge in [0, 0.05) is 12.6 Å². The molecule has 1 aliphatic rings. The zero-order chi connectivity index (χ0) is 12.2. The monoisotopic (exact) mass is 226 g/mol. The van der Waals surface area contributed by atoms with E-state index in [2.05, 4.69) is 19.2 Å². The van der Waals surface area contributed by atoms with Crippen LogP contribution in [0.25, 0.3) is 0 Å². The smallest absolute Gasteiger partial charge is 0.227 e. The fourth-order valence-electron chi connectivity index (χ4n) is 2.39. The van der Waals surface area contributed by atoms with E-state index in [-0.39, 0.29) is 17.4 Å². The minimum atomic E-state index is -0.322. The SMILES string of the molecule is CC(C)CCCNC(=O)C1(C)CCCC1N. The molecule has 1 saturated carbocycles. The molecular formula is C13H26N2O. The highest BCUT2D eigenvalue weighted by molar-refractivity contribution is 5.83. The van der Waals surface area contributed by atoms with Gasteiger partial charge in [-0.15, -0.1) is 0 Å². The van der Waals surface area contributed by atoms with Crippen molar-refractivity contribution in [3.63, 3.8) is 0 Å². The summed E-state index contributed by atoms with van der Waals surface area (Å²) in [6.45, 7) is 7.20. The van der Waals surface area contributed by atoms with Crippen LogP contribution in [-0.4, -0.2) is 18.5 Å². The van der Waals surface area contributed by atoms with Crippen molar-refractivity contribution in [3.8, 4) is 0 Å². The molecule has 1 amide bonds. The van der Waals surface area contributed by atoms with Crippen molar-refractivity contribution in [2.45, 2.75) is 58.9 Å². The maximum atomic E-state index is 12.0. The van der Waals surface area contributed by atoms with Crippen molar-refractivity contribution in [1.82, 2.24) is 5.32 Å². The van der Waals surface area contributed by atoms with Crippen LogP contribution in [-0.2, 0) is 4.79 Å². The molecule has 0 radical (unpaired) electrons. The van der Waals surface area contributed by atoms with Gasteiger partial charge in [-0.2, -0.15) is 0 Å². The van der Waals surface area contributed by atoms with Crippen molar-refractivity contribution < 1.29 is 4.79 Å². The lowest BCUT2D eigenvalue weighted by Crippen LogP contribution is -2.47. The van der Waals surface area contributed by atoms with Crippen LogP contribution in [0.15, 0.2) is 0 Å². The fourth-order valence-corrected chi connectivity index (χ4v) is 2.39. The molecule has 2 unspecified atom stereocenters. The molecule has 0 aromatic rings. The Hall–Kier alpha value is -0.570. The number of rotatable bonds is 5. The number of nitrogens with one attached hydrogen (secondary N) is 1. The van der Waals surface area contributed by atoms with Crippen LogP contribution in [0, 0.1) is 11.3 Å². The predicted molar refractivity (Wildman–Crippen MR) is 67.0 cm³/mol. The molecule has 1 fully saturated rings. The van der Waals surface area contributed by atoms with Crippen molar-refractivity contribution in [2.24, 2.45) is 17.1 Å². The van der Waals surface area contributed by atoms with E-state index in [1.165, 1.54) is 6.42 Å². The summed E-state index contributed by atoms with van der Waals surface area (Å²) >= 11 is 0. The normalized spacial score (nSPS) is 29.7. The molecule has 0 heterocycles. The fraction of sp³-hybridized carbons (Fsp3) is 0.923. The first-order chi connectivity index (χ1) is 7.47. The first-order valence-corrected chi connectivity index (χ1v) is 6.50. The van der Waals surface area contributed by atoms with Crippen LogP contribution in [0.2, 0.25) is 0 Å². The topological polar surface area (TPSA) is 55.1 Å². The Labute approximate surface area is 99.2 Å². The van der Waals surface area contributed by atoms with Gasteiger partial charge in [0.1, 0.15) is 0 Å². The second kappa shape index (κ2) is 5.67. The molecule has 1 aliphatic carbocycles. The van der Waals surface area contributed by atoms with Gasteiger partial charge in [0.05, 0.1) is 5.41 Å². The Morgan fingerprint density at radius 3 is 2.75 bits per heavy atom. The molecule has 16 heavy (non-hydrogen) atoms. The van der Waals surface area contributed by atoms with Gasteiger partial charge in [-0.05, 0) is 38.5 Å². The average molecular weight is 226 g/mol. The van der Waals surface area contributed by atoms with Crippen LogP contribution >= 0.6 is 0 Å².